The minimum atomic E-state index is -3.72. The molecule has 2 heterocycles. The number of benzene rings is 1. The molecule has 2 N–H and O–H groups in total. The zero-order valence-electron chi connectivity index (χ0n) is 17.3. The van der Waals surface area contributed by atoms with Gasteiger partial charge in [-0.25, -0.2) is 18.1 Å². The third kappa shape index (κ3) is 4.86. The number of hydrogen-bond donors (Lipinski definition) is 2. The predicted octanol–water partition coefficient (Wildman–Crippen LogP) is 2.65. The molecule has 1 amide bonds. The van der Waals surface area contributed by atoms with Gasteiger partial charge in [-0.2, -0.15) is 5.10 Å². The van der Waals surface area contributed by atoms with E-state index in [1.54, 1.807) is 19.4 Å². The average Bonchev–Trinajstić information content (AvgIpc) is 3.22. The first-order valence-corrected chi connectivity index (χ1v) is 11.9. The molecule has 1 aliphatic carbocycles. The van der Waals surface area contributed by atoms with Crippen molar-refractivity contribution in [2.75, 3.05) is 13.4 Å². The lowest BCUT2D eigenvalue weighted by atomic mass is 9.94. The van der Waals surface area contributed by atoms with Crippen molar-refractivity contribution in [2.24, 2.45) is 0 Å². The van der Waals surface area contributed by atoms with Crippen LogP contribution in [0.3, 0.4) is 0 Å². The first-order chi connectivity index (χ1) is 14.8. The van der Waals surface area contributed by atoms with E-state index in [0.717, 1.165) is 37.5 Å². The molecule has 1 aliphatic rings. The maximum absolute atomic E-state index is 12.4. The van der Waals surface area contributed by atoms with Crippen molar-refractivity contribution in [3.05, 3.63) is 42.2 Å². The summed E-state index contributed by atoms with van der Waals surface area (Å²) in [7, 11) is -1.99. The molecule has 1 aromatic carbocycles. The smallest absolute Gasteiger partial charge is 0.283 e. The third-order valence-corrected chi connectivity index (χ3v) is 5.92. The van der Waals surface area contributed by atoms with E-state index in [4.69, 9.17) is 9.47 Å². The lowest BCUT2D eigenvalue weighted by molar-refractivity contribution is 0.0329. The molecule has 0 saturated heterocycles. The fourth-order valence-electron chi connectivity index (χ4n) is 3.85. The van der Waals surface area contributed by atoms with Crippen molar-refractivity contribution in [2.45, 2.75) is 37.9 Å². The first kappa shape index (κ1) is 21.3. The highest BCUT2D eigenvalue weighted by Crippen LogP contribution is 2.36. The normalized spacial score (nSPS) is 19.3. The van der Waals surface area contributed by atoms with Crippen LogP contribution in [0.2, 0.25) is 0 Å². The SMILES string of the molecule is CO[C@H]1CC[C@H](Oc2ccccc2-c2cc(C(=O)NS(C)(=O)=O)nc3[nH]ncc23)CC1. The minimum Gasteiger partial charge on any atom is -0.490 e. The van der Waals surface area contributed by atoms with E-state index < -0.39 is 15.9 Å². The number of nitrogens with one attached hydrogen (secondary N) is 2. The number of carbonyl (C=O) groups is 1. The second-order valence-electron chi connectivity index (χ2n) is 7.64. The Morgan fingerprint density at radius 2 is 1.84 bits per heavy atom. The Morgan fingerprint density at radius 3 is 2.55 bits per heavy atom. The average molecular weight is 445 g/mol. The molecular weight excluding hydrogens is 420 g/mol. The van der Waals surface area contributed by atoms with E-state index in [0.29, 0.717) is 22.3 Å². The molecular formula is C21H24N4O5S. The standard InChI is InChI=1S/C21H24N4O5S/c1-29-13-7-9-14(10-8-13)30-19-6-4-3-5-15(19)16-11-18(21(26)25-31(2,27)28)23-20-17(16)12-22-24-20/h3-6,11-14H,7-10H2,1-2H3,(H,25,26)(H,22,23,24)/t13-,14-. The van der Waals surface area contributed by atoms with Gasteiger partial charge in [-0.1, -0.05) is 18.2 Å². The fourth-order valence-corrected chi connectivity index (χ4v) is 4.29. The molecule has 0 radical (unpaired) electrons. The predicted molar refractivity (Wildman–Crippen MR) is 115 cm³/mol. The number of methoxy groups -OCH3 is 1. The number of para-hydroxylation sites is 1. The summed E-state index contributed by atoms with van der Waals surface area (Å²) in [6.45, 7) is 0. The summed E-state index contributed by atoms with van der Waals surface area (Å²) >= 11 is 0. The number of aromatic amines is 1. The van der Waals surface area contributed by atoms with Crippen molar-refractivity contribution in [3.8, 4) is 16.9 Å². The quantitative estimate of drug-likeness (QED) is 0.599. The summed E-state index contributed by atoms with van der Waals surface area (Å²) in [5, 5.41) is 7.49. The molecule has 31 heavy (non-hydrogen) atoms. The zero-order valence-corrected chi connectivity index (χ0v) is 18.1. The molecule has 0 atom stereocenters. The molecule has 1 fully saturated rings. The second-order valence-corrected chi connectivity index (χ2v) is 9.39. The van der Waals surface area contributed by atoms with Crippen LogP contribution in [0.15, 0.2) is 36.5 Å². The van der Waals surface area contributed by atoms with Crippen LogP contribution in [0.5, 0.6) is 5.75 Å². The maximum atomic E-state index is 12.4. The second kappa shape index (κ2) is 8.64. The van der Waals surface area contributed by atoms with Gasteiger partial charge in [0.25, 0.3) is 5.91 Å². The molecule has 1 saturated carbocycles. The van der Waals surface area contributed by atoms with Crippen LogP contribution in [0.4, 0.5) is 0 Å². The van der Waals surface area contributed by atoms with Crippen LogP contribution in [0, 0.1) is 0 Å². The maximum Gasteiger partial charge on any atom is 0.283 e. The van der Waals surface area contributed by atoms with E-state index in [9.17, 15) is 13.2 Å². The van der Waals surface area contributed by atoms with Crippen LogP contribution >= 0.6 is 0 Å². The van der Waals surface area contributed by atoms with Crippen molar-refractivity contribution in [1.82, 2.24) is 19.9 Å². The van der Waals surface area contributed by atoms with Crippen molar-refractivity contribution in [1.29, 1.82) is 0 Å². The van der Waals surface area contributed by atoms with Gasteiger partial charge in [0.15, 0.2) is 5.65 Å². The molecule has 2 aromatic heterocycles. The number of nitrogens with zero attached hydrogens (tertiary/aromatic N) is 2. The van der Waals surface area contributed by atoms with Gasteiger partial charge >= 0.3 is 0 Å². The monoisotopic (exact) mass is 444 g/mol. The Balaban J connectivity index is 1.70. The van der Waals surface area contributed by atoms with Gasteiger partial charge in [-0.3, -0.25) is 9.89 Å². The summed E-state index contributed by atoms with van der Waals surface area (Å²) in [5.74, 6) is -0.122. The van der Waals surface area contributed by atoms with Crippen LogP contribution in [0.1, 0.15) is 36.2 Å². The number of H-pyrrole nitrogens is 1. The Bertz CT molecular complexity index is 1200. The number of sulfonamides is 1. The molecule has 164 valence electrons. The number of fused-ring (bicyclic) bond motifs is 1. The van der Waals surface area contributed by atoms with E-state index in [-0.39, 0.29) is 17.9 Å². The molecule has 10 heteroatoms. The topological polar surface area (TPSA) is 123 Å². The van der Waals surface area contributed by atoms with Gasteiger partial charge in [0.05, 0.1) is 24.7 Å². The van der Waals surface area contributed by atoms with E-state index in [1.165, 1.54) is 0 Å². The molecule has 3 aromatic rings. The molecule has 4 rings (SSSR count). The molecule has 9 nitrogen and oxygen atoms in total. The van der Waals surface area contributed by atoms with Crippen molar-refractivity contribution < 1.29 is 22.7 Å². The van der Waals surface area contributed by atoms with Gasteiger partial charge in [0.1, 0.15) is 11.4 Å². The number of rotatable bonds is 6. The van der Waals surface area contributed by atoms with Gasteiger partial charge in [-0.15, -0.1) is 0 Å². The number of pyridine rings is 1. The number of amides is 1. The van der Waals surface area contributed by atoms with Crippen LogP contribution < -0.4 is 9.46 Å². The summed E-state index contributed by atoms with van der Waals surface area (Å²) in [6.07, 6.45) is 6.57. The van der Waals surface area contributed by atoms with Gasteiger partial charge in [-0.05, 0) is 37.8 Å². The highest BCUT2D eigenvalue weighted by atomic mass is 32.2. The van der Waals surface area contributed by atoms with Gasteiger partial charge < -0.3 is 9.47 Å². The largest absolute Gasteiger partial charge is 0.490 e. The number of hydrogen-bond acceptors (Lipinski definition) is 7. The third-order valence-electron chi connectivity index (χ3n) is 5.36. The Hall–Kier alpha value is -2.98. The van der Waals surface area contributed by atoms with Crippen LogP contribution in [-0.2, 0) is 14.8 Å². The Labute approximate surface area is 180 Å². The highest BCUT2D eigenvalue weighted by molar-refractivity contribution is 7.89. The summed E-state index contributed by atoms with van der Waals surface area (Å²) < 4.78 is 36.7. The lowest BCUT2D eigenvalue weighted by Gasteiger charge is -2.28. The first-order valence-electron chi connectivity index (χ1n) is 9.99. The summed E-state index contributed by atoms with van der Waals surface area (Å²) in [4.78, 5) is 16.7. The number of ether oxygens (including phenoxy) is 2. The summed E-state index contributed by atoms with van der Waals surface area (Å²) in [6, 6.07) is 9.12. The number of carbonyl (C=O) groups excluding carboxylic acids is 1. The Morgan fingerprint density at radius 1 is 1.13 bits per heavy atom. The van der Waals surface area contributed by atoms with Gasteiger partial charge in [0.2, 0.25) is 10.0 Å². The number of aromatic nitrogens is 3. The molecule has 0 aliphatic heterocycles. The molecule has 0 unspecified atom stereocenters. The van der Waals surface area contributed by atoms with Crippen molar-refractivity contribution >= 4 is 27.0 Å². The van der Waals surface area contributed by atoms with E-state index in [1.807, 2.05) is 29.0 Å². The van der Waals surface area contributed by atoms with Gasteiger partial charge in [0, 0.05) is 23.6 Å². The Kier molecular flexibility index (Phi) is 5.92. The van der Waals surface area contributed by atoms with Crippen LogP contribution in [0.25, 0.3) is 22.2 Å². The van der Waals surface area contributed by atoms with Crippen LogP contribution in [-0.4, -0.2) is 55.1 Å². The van der Waals surface area contributed by atoms with E-state index >= 15 is 0 Å². The van der Waals surface area contributed by atoms with Crippen molar-refractivity contribution in [3.63, 3.8) is 0 Å². The fraction of sp³-hybridized carbons (Fsp3) is 0.381. The minimum absolute atomic E-state index is 0.0346. The molecule has 0 bridgehead atoms. The highest BCUT2D eigenvalue weighted by Gasteiger charge is 2.24. The van der Waals surface area contributed by atoms with E-state index in [2.05, 4.69) is 15.2 Å². The lowest BCUT2D eigenvalue weighted by Crippen LogP contribution is -2.30. The molecule has 0 spiro atoms. The summed E-state index contributed by atoms with van der Waals surface area (Å²) in [5.41, 5.74) is 1.80. The zero-order chi connectivity index (χ0) is 22.0.